The summed E-state index contributed by atoms with van der Waals surface area (Å²) in [5.74, 6) is -1.37. The summed E-state index contributed by atoms with van der Waals surface area (Å²) in [7, 11) is 1.60. The third kappa shape index (κ3) is 4.00. The van der Waals surface area contributed by atoms with Gasteiger partial charge in [-0.2, -0.15) is 0 Å². The lowest BCUT2D eigenvalue weighted by Gasteiger charge is -2.35. The van der Waals surface area contributed by atoms with Gasteiger partial charge in [-0.05, 0) is 50.7 Å². The van der Waals surface area contributed by atoms with Crippen molar-refractivity contribution in [2.75, 3.05) is 25.5 Å². The van der Waals surface area contributed by atoms with Crippen molar-refractivity contribution in [1.82, 2.24) is 10.2 Å². The molecule has 3 heterocycles. The summed E-state index contributed by atoms with van der Waals surface area (Å²) in [4.78, 5) is 42.3. The Morgan fingerprint density at radius 1 is 1.21 bits per heavy atom. The van der Waals surface area contributed by atoms with E-state index in [1.54, 1.807) is 23.7 Å². The number of hydrogen-bond donors (Lipinski definition) is 3. The Labute approximate surface area is 207 Å². The lowest BCUT2D eigenvalue weighted by Crippen LogP contribution is -2.53. The highest BCUT2D eigenvalue weighted by Gasteiger charge is 2.75. The Hall–Kier alpha value is -1.58. The van der Waals surface area contributed by atoms with Crippen LogP contribution in [0.15, 0.2) is 18.2 Å². The van der Waals surface area contributed by atoms with Crippen LogP contribution < -0.4 is 10.6 Å². The normalized spacial score (nSPS) is 32.2. The lowest BCUT2D eigenvalue weighted by atomic mass is 9.70. The summed E-state index contributed by atoms with van der Waals surface area (Å²) >= 11 is 5.40. The number of amides is 3. The lowest BCUT2D eigenvalue weighted by molar-refractivity contribution is -0.139. The molecule has 0 radical (unpaired) electrons. The highest BCUT2D eigenvalue weighted by atomic mass is 79.9. The number of unbranched alkanes of at least 4 members (excludes halogenated alkanes) is 2. The number of nitrogens with one attached hydrogen (secondary N) is 2. The molecule has 4 rings (SSSR count). The summed E-state index contributed by atoms with van der Waals surface area (Å²) in [6.45, 7) is 4.48. The maximum Gasteiger partial charge on any atom is 0.248 e. The molecule has 3 amide bonds. The van der Waals surface area contributed by atoms with E-state index in [1.165, 1.54) is 0 Å². The molecule has 1 aromatic carbocycles. The molecule has 1 aromatic rings. The third-order valence-corrected chi connectivity index (χ3v) is 10.6. The number of carbonyl (C=O) groups excluding carboxylic acids is 3. The molecule has 9 heteroatoms. The van der Waals surface area contributed by atoms with Gasteiger partial charge in [0.2, 0.25) is 17.7 Å². The van der Waals surface area contributed by atoms with Crippen molar-refractivity contribution < 1.29 is 19.5 Å². The van der Waals surface area contributed by atoms with Gasteiger partial charge in [-0.1, -0.05) is 34.1 Å². The number of aliphatic hydroxyl groups excluding tert-OH is 1. The molecular weight excluding hydrogens is 506 g/mol. The van der Waals surface area contributed by atoms with Crippen LogP contribution in [-0.2, 0) is 14.4 Å². The fourth-order valence-electron chi connectivity index (χ4n) is 5.91. The fraction of sp³-hybridized carbons (Fsp3) is 0.625. The van der Waals surface area contributed by atoms with Gasteiger partial charge in [0, 0.05) is 36.0 Å². The first-order valence-electron chi connectivity index (χ1n) is 11.6. The molecule has 1 spiro atoms. The molecule has 0 aromatic heterocycles. The number of rotatable bonds is 8. The van der Waals surface area contributed by atoms with E-state index < -0.39 is 22.6 Å². The highest BCUT2D eigenvalue weighted by Crippen LogP contribution is 2.67. The number of nitrogens with zero attached hydrogens (tertiary/aromatic N) is 1. The second-order valence-corrected chi connectivity index (χ2v) is 12.1. The quantitative estimate of drug-likeness (QED) is 0.349. The molecule has 2 bridgehead atoms. The number of alkyl halides is 1. The van der Waals surface area contributed by atoms with Crippen LogP contribution in [0.3, 0.4) is 0 Å². The first-order valence-corrected chi connectivity index (χ1v) is 13.4. The third-order valence-electron chi connectivity index (χ3n) is 7.37. The van der Waals surface area contributed by atoms with Crippen LogP contribution in [0.5, 0.6) is 0 Å². The van der Waals surface area contributed by atoms with Gasteiger partial charge in [0.25, 0.3) is 0 Å². The number of aryl methyl sites for hydroxylation is 2. The van der Waals surface area contributed by atoms with E-state index in [0.29, 0.717) is 25.8 Å². The summed E-state index contributed by atoms with van der Waals surface area (Å²) in [5.41, 5.74) is 2.73. The minimum atomic E-state index is -0.646. The zero-order valence-corrected chi connectivity index (χ0v) is 21.7. The molecule has 3 saturated heterocycles. The summed E-state index contributed by atoms with van der Waals surface area (Å²) < 4.78 is -0.634. The number of anilines is 1. The number of thioether (sulfide) groups is 1. The average molecular weight is 539 g/mol. The summed E-state index contributed by atoms with van der Waals surface area (Å²) in [6.07, 6.45) is 2.82. The van der Waals surface area contributed by atoms with Crippen LogP contribution in [-0.4, -0.2) is 68.8 Å². The van der Waals surface area contributed by atoms with Crippen molar-refractivity contribution >= 4 is 51.1 Å². The number of benzene rings is 1. The molecule has 6 atom stereocenters. The zero-order valence-electron chi connectivity index (χ0n) is 19.3. The predicted molar refractivity (Wildman–Crippen MR) is 133 cm³/mol. The zero-order chi connectivity index (χ0) is 23.9. The second kappa shape index (κ2) is 9.58. The van der Waals surface area contributed by atoms with E-state index in [2.05, 4.69) is 26.6 Å². The van der Waals surface area contributed by atoms with Crippen LogP contribution >= 0.6 is 27.7 Å². The molecule has 3 aliphatic rings. The van der Waals surface area contributed by atoms with Crippen LogP contribution in [0.2, 0.25) is 0 Å². The minimum Gasteiger partial charge on any atom is -0.396 e. The van der Waals surface area contributed by atoms with Gasteiger partial charge in [-0.3, -0.25) is 14.4 Å². The van der Waals surface area contributed by atoms with Crippen LogP contribution in [0.4, 0.5) is 5.69 Å². The molecule has 0 aliphatic carbocycles. The van der Waals surface area contributed by atoms with Crippen LogP contribution in [0.1, 0.15) is 36.8 Å². The van der Waals surface area contributed by atoms with Gasteiger partial charge in [-0.25, -0.2) is 0 Å². The molecule has 0 saturated carbocycles. The maximum absolute atomic E-state index is 13.9. The SMILES string of the molecule is CNC(=O)[C@H]1[C@@H]2SC3(CC2Br)C(C(=O)Nc2c(C)cccc2C)N(CCCCCO)C(=O)[C@H]13. The van der Waals surface area contributed by atoms with Gasteiger partial charge < -0.3 is 20.6 Å². The van der Waals surface area contributed by atoms with Crippen molar-refractivity contribution in [1.29, 1.82) is 0 Å². The number of aliphatic hydroxyl groups is 1. The smallest absolute Gasteiger partial charge is 0.248 e. The van der Waals surface area contributed by atoms with Gasteiger partial charge >= 0.3 is 0 Å². The standard InChI is InChI=1S/C24H32BrN3O4S/c1-13-8-7-9-14(2)18(13)27-22(31)20-24-12-15(25)19(33-24)16(21(30)26-3)17(24)23(32)28(20)10-5-4-6-11-29/h7-9,15-17,19-20,29H,4-6,10-12H2,1-3H3,(H,26,30)(H,27,31)/t15?,16-,17+,19-,20?,24?/m1/s1. The Morgan fingerprint density at radius 2 is 1.91 bits per heavy atom. The van der Waals surface area contributed by atoms with Gasteiger partial charge in [0.05, 0.1) is 16.6 Å². The van der Waals surface area contributed by atoms with Crippen LogP contribution in [0.25, 0.3) is 0 Å². The maximum atomic E-state index is 13.9. The number of likely N-dealkylation sites (tertiary alicyclic amines) is 1. The van der Waals surface area contributed by atoms with E-state index in [0.717, 1.165) is 23.2 Å². The van der Waals surface area contributed by atoms with Gasteiger partial charge in [0.15, 0.2) is 0 Å². The molecule has 3 N–H and O–H groups in total. The predicted octanol–water partition coefficient (Wildman–Crippen LogP) is 2.62. The van der Waals surface area contributed by atoms with Crippen molar-refractivity contribution in [3.63, 3.8) is 0 Å². The molecular formula is C24H32BrN3O4S. The monoisotopic (exact) mass is 537 g/mol. The Morgan fingerprint density at radius 3 is 2.55 bits per heavy atom. The fourth-order valence-corrected chi connectivity index (χ4v) is 9.52. The van der Waals surface area contributed by atoms with Crippen LogP contribution in [0, 0.1) is 25.7 Å². The molecule has 7 nitrogen and oxygen atoms in total. The Balaban J connectivity index is 1.70. The molecule has 33 heavy (non-hydrogen) atoms. The van der Waals surface area contributed by atoms with Gasteiger partial charge in [0.1, 0.15) is 6.04 Å². The number of fused-ring (bicyclic) bond motifs is 1. The largest absolute Gasteiger partial charge is 0.396 e. The number of halogens is 1. The number of para-hydroxylation sites is 1. The Bertz CT molecular complexity index is 939. The first kappa shape index (κ1) is 24.5. The molecule has 3 aliphatic heterocycles. The minimum absolute atomic E-state index is 0.0362. The van der Waals surface area contributed by atoms with E-state index in [-0.39, 0.29) is 34.4 Å². The second-order valence-electron chi connectivity index (χ2n) is 9.35. The van der Waals surface area contributed by atoms with E-state index >= 15 is 0 Å². The van der Waals surface area contributed by atoms with Crippen molar-refractivity contribution in [2.24, 2.45) is 11.8 Å². The van der Waals surface area contributed by atoms with E-state index in [1.807, 2.05) is 32.0 Å². The molecule has 3 unspecified atom stereocenters. The van der Waals surface area contributed by atoms with Crippen molar-refractivity contribution in [3.05, 3.63) is 29.3 Å². The van der Waals surface area contributed by atoms with Gasteiger partial charge in [-0.15, -0.1) is 11.8 Å². The van der Waals surface area contributed by atoms with E-state index in [4.69, 9.17) is 5.11 Å². The molecule has 3 fully saturated rings. The summed E-state index contributed by atoms with van der Waals surface area (Å²) in [5, 5.41) is 15.0. The number of hydrogen-bond acceptors (Lipinski definition) is 5. The van der Waals surface area contributed by atoms with Crippen molar-refractivity contribution in [3.8, 4) is 0 Å². The topological polar surface area (TPSA) is 98.7 Å². The first-order chi connectivity index (χ1) is 15.8. The number of carbonyl (C=O) groups is 3. The van der Waals surface area contributed by atoms with Crippen molar-refractivity contribution in [2.45, 2.75) is 60.4 Å². The summed E-state index contributed by atoms with van der Waals surface area (Å²) in [6, 6.07) is 5.23. The van der Waals surface area contributed by atoms with E-state index in [9.17, 15) is 14.4 Å². The average Bonchev–Trinajstić information content (AvgIpc) is 3.37. The Kier molecular flexibility index (Phi) is 7.13. The highest BCUT2D eigenvalue weighted by molar-refractivity contribution is 9.09. The molecule has 180 valence electrons.